The Morgan fingerprint density at radius 3 is 2.61 bits per heavy atom. The first-order valence-corrected chi connectivity index (χ1v) is 5.89. The number of hydrogen-bond donors (Lipinski definition) is 1. The summed E-state index contributed by atoms with van der Waals surface area (Å²) in [7, 11) is 0. The lowest BCUT2D eigenvalue weighted by Gasteiger charge is -2.11. The zero-order valence-electron chi connectivity index (χ0n) is 10.6. The van der Waals surface area contributed by atoms with Crippen molar-refractivity contribution in [1.82, 2.24) is 5.32 Å². The molecule has 0 aromatic heterocycles. The molecule has 0 aliphatic rings. The predicted molar refractivity (Wildman–Crippen MR) is 65.0 cm³/mol. The molecular formula is C13H18F3NO. The normalized spacial score (nSPS) is 11.9. The molecule has 0 saturated heterocycles. The molecule has 102 valence electrons. The molecule has 0 fully saturated rings. The molecule has 5 heteroatoms. The minimum atomic E-state index is -4.17. The average molecular weight is 261 g/mol. The molecule has 18 heavy (non-hydrogen) atoms. The van der Waals surface area contributed by atoms with Gasteiger partial charge in [0.15, 0.2) is 0 Å². The quantitative estimate of drug-likeness (QED) is 0.793. The van der Waals surface area contributed by atoms with Crippen LogP contribution in [0.4, 0.5) is 13.2 Å². The van der Waals surface area contributed by atoms with E-state index in [1.165, 1.54) is 0 Å². The lowest BCUT2D eigenvalue weighted by atomic mass is 10.0. The van der Waals surface area contributed by atoms with Gasteiger partial charge in [-0.15, -0.1) is 0 Å². The molecule has 0 spiro atoms. The maximum absolute atomic E-state index is 11.8. The topological polar surface area (TPSA) is 21.3 Å². The Bertz CT molecular complexity index is 363. The van der Waals surface area contributed by atoms with Gasteiger partial charge in [-0.05, 0) is 23.6 Å². The third-order valence-electron chi connectivity index (χ3n) is 2.40. The Morgan fingerprint density at radius 2 is 2.00 bits per heavy atom. The third kappa shape index (κ3) is 5.91. The number of nitrogens with one attached hydrogen (secondary N) is 1. The second-order valence-corrected chi connectivity index (χ2v) is 4.37. The molecule has 0 aliphatic carbocycles. The summed E-state index contributed by atoms with van der Waals surface area (Å²) in [4.78, 5) is 0. The Labute approximate surface area is 105 Å². The predicted octanol–water partition coefficient (Wildman–Crippen LogP) is 3.34. The third-order valence-corrected chi connectivity index (χ3v) is 2.40. The van der Waals surface area contributed by atoms with Gasteiger partial charge in [-0.3, -0.25) is 0 Å². The van der Waals surface area contributed by atoms with E-state index in [0.717, 1.165) is 5.56 Å². The van der Waals surface area contributed by atoms with Gasteiger partial charge in [-0.25, -0.2) is 0 Å². The maximum atomic E-state index is 11.8. The second kappa shape index (κ2) is 6.64. The lowest BCUT2D eigenvalue weighted by molar-refractivity contribution is -0.124. The van der Waals surface area contributed by atoms with Gasteiger partial charge in [0.05, 0.1) is 6.54 Å². The van der Waals surface area contributed by atoms with Crippen molar-refractivity contribution in [2.75, 3.05) is 19.7 Å². The van der Waals surface area contributed by atoms with Crippen molar-refractivity contribution in [3.05, 3.63) is 29.8 Å². The number of alkyl halides is 3. The molecule has 0 amide bonds. The highest BCUT2D eigenvalue weighted by Crippen LogP contribution is 2.19. The molecule has 1 aromatic carbocycles. The highest BCUT2D eigenvalue weighted by molar-refractivity contribution is 5.30. The van der Waals surface area contributed by atoms with E-state index < -0.39 is 12.7 Å². The van der Waals surface area contributed by atoms with Gasteiger partial charge in [0.2, 0.25) is 0 Å². The summed E-state index contributed by atoms with van der Waals surface area (Å²) in [6, 6.07) is 7.59. The van der Waals surface area contributed by atoms with Gasteiger partial charge < -0.3 is 10.1 Å². The Kier molecular flexibility index (Phi) is 5.47. The van der Waals surface area contributed by atoms with Crippen LogP contribution in [0.2, 0.25) is 0 Å². The van der Waals surface area contributed by atoms with E-state index in [9.17, 15) is 13.2 Å². The molecule has 0 bridgehead atoms. The first-order valence-electron chi connectivity index (χ1n) is 5.89. The van der Waals surface area contributed by atoms with Crippen molar-refractivity contribution in [3.8, 4) is 5.75 Å². The van der Waals surface area contributed by atoms with E-state index in [0.29, 0.717) is 11.7 Å². The summed E-state index contributed by atoms with van der Waals surface area (Å²) >= 11 is 0. The molecule has 1 aromatic rings. The second-order valence-electron chi connectivity index (χ2n) is 4.37. The fraction of sp³-hybridized carbons (Fsp3) is 0.538. The number of rotatable bonds is 6. The standard InChI is InChI=1S/C13H18F3NO/c1-10(2)11-4-3-5-12(8-11)18-7-6-17-9-13(14,15)16/h3-5,8,10,17H,6-7,9H2,1-2H3. The van der Waals surface area contributed by atoms with E-state index in [1.807, 2.05) is 18.2 Å². The molecule has 1 rings (SSSR count). The van der Waals surface area contributed by atoms with Crippen LogP contribution in [0, 0.1) is 0 Å². The minimum Gasteiger partial charge on any atom is -0.492 e. The van der Waals surface area contributed by atoms with Gasteiger partial charge in [0, 0.05) is 6.54 Å². The van der Waals surface area contributed by atoms with Crippen LogP contribution in [-0.2, 0) is 0 Å². The van der Waals surface area contributed by atoms with E-state index in [1.54, 1.807) is 6.07 Å². The fourth-order valence-corrected chi connectivity index (χ4v) is 1.43. The molecular weight excluding hydrogens is 243 g/mol. The van der Waals surface area contributed by atoms with Crippen LogP contribution < -0.4 is 10.1 Å². The molecule has 0 saturated carbocycles. The summed E-state index contributed by atoms with van der Waals surface area (Å²) in [6.45, 7) is 3.55. The van der Waals surface area contributed by atoms with Crippen LogP contribution >= 0.6 is 0 Å². The van der Waals surface area contributed by atoms with Crippen molar-refractivity contribution in [2.24, 2.45) is 0 Å². The maximum Gasteiger partial charge on any atom is 0.401 e. The van der Waals surface area contributed by atoms with Crippen molar-refractivity contribution in [3.63, 3.8) is 0 Å². The van der Waals surface area contributed by atoms with Crippen LogP contribution in [0.1, 0.15) is 25.3 Å². The van der Waals surface area contributed by atoms with Crippen LogP contribution in [0.15, 0.2) is 24.3 Å². The smallest absolute Gasteiger partial charge is 0.401 e. The van der Waals surface area contributed by atoms with Crippen LogP contribution in [0.25, 0.3) is 0 Å². The van der Waals surface area contributed by atoms with E-state index >= 15 is 0 Å². The highest BCUT2D eigenvalue weighted by Gasteiger charge is 2.25. The molecule has 0 atom stereocenters. The van der Waals surface area contributed by atoms with Gasteiger partial charge in [-0.1, -0.05) is 26.0 Å². The Hall–Kier alpha value is -1.23. The first-order chi connectivity index (χ1) is 8.38. The monoisotopic (exact) mass is 261 g/mol. The van der Waals surface area contributed by atoms with Crippen molar-refractivity contribution in [1.29, 1.82) is 0 Å². The van der Waals surface area contributed by atoms with Crippen LogP contribution in [0.5, 0.6) is 5.75 Å². The summed E-state index contributed by atoms with van der Waals surface area (Å²) in [6.07, 6.45) is -4.17. The van der Waals surface area contributed by atoms with Crippen LogP contribution in [0.3, 0.4) is 0 Å². The van der Waals surface area contributed by atoms with Gasteiger partial charge >= 0.3 is 6.18 Å². The largest absolute Gasteiger partial charge is 0.492 e. The summed E-state index contributed by atoms with van der Waals surface area (Å²) in [5.41, 5.74) is 1.15. The SMILES string of the molecule is CC(C)c1cccc(OCCNCC(F)(F)F)c1. The van der Waals surface area contributed by atoms with Crippen molar-refractivity contribution >= 4 is 0 Å². The van der Waals surface area contributed by atoms with Crippen molar-refractivity contribution in [2.45, 2.75) is 25.9 Å². The minimum absolute atomic E-state index is 0.172. The molecule has 0 radical (unpaired) electrons. The van der Waals surface area contributed by atoms with Gasteiger partial charge in [0.1, 0.15) is 12.4 Å². The molecule has 0 aliphatic heterocycles. The van der Waals surface area contributed by atoms with Gasteiger partial charge in [0.25, 0.3) is 0 Å². The number of benzene rings is 1. The van der Waals surface area contributed by atoms with E-state index in [4.69, 9.17) is 4.74 Å². The highest BCUT2D eigenvalue weighted by atomic mass is 19.4. The summed E-state index contributed by atoms with van der Waals surface area (Å²) < 4.78 is 40.9. The lowest BCUT2D eigenvalue weighted by Crippen LogP contribution is -2.31. The number of hydrogen-bond acceptors (Lipinski definition) is 2. The Balaban J connectivity index is 2.29. The van der Waals surface area contributed by atoms with Gasteiger partial charge in [-0.2, -0.15) is 13.2 Å². The summed E-state index contributed by atoms with van der Waals surface area (Å²) in [5, 5.41) is 2.28. The number of ether oxygens (including phenoxy) is 1. The van der Waals surface area contributed by atoms with Crippen molar-refractivity contribution < 1.29 is 17.9 Å². The fourth-order valence-electron chi connectivity index (χ4n) is 1.43. The molecule has 0 unspecified atom stereocenters. The van der Waals surface area contributed by atoms with Crippen LogP contribution in [-0.4, -0.2) is 25.9 Å². The zero-order valence-corrected chi connectivity index (χ0v) is 10.6. The Morgan fingerprint density at radius 1 is 1.28 bits per heavy atom. The molecule has 2 nitrogen and oxygen atoms in total. The summed E-state index contributed by atoms with van der Waals surface area (Å²) in [5.74, 6) is 1.09. The number of halogens is 3. The first kappa shape index (κ1) is 14.8. The van der Waals surface area contributed by atoms with E-state index in [2.05, 4.69) is 19.2 Å². The molecule has 0 heterocycles. The molecule has 1 N–H and O–H groups in total. The average Bonchev–Trinajstić information content (AvgIpc) is 2.27. The zero-order chi connectivity index (χ0) is 13.6. The van der Waals surface area contributed by atoms with E-state index in [-0.39, 0.29) is 13.2 Å².